The normalized spacial score (nSPS) is 19.3. The zero-order valence-electron chi connectivity index (χ0n) is 19.4. The summed E-state index contributed by atoms with van der Waals surface area (Å²) in [7, 11) is -1.03. The monoisotopic (exact) mass is 474 g/mol. The summed E-state index contributed by atoms with van der Waals surface area (Å²) in [4.78, 5) is 20.3. The fourth-order valence-corrected chi connectivity index (χ4v) is 4.98. The van der Waals surface area contributed by atoms with Crippen LogP contribution in [0.25, 0.3) is 33.6 Å². The van der Waals surface area contributed by atoms with Gasteiger partial charge in [-0.2, -0.15) is 0 Å². The molecule has 1 aliphatic heterocycles. The summed E-state index contributed by atoms with van der Waals surface area (Å²) < 4.78 is 23.7. The smallest absolute Gasteiger partial charge is 0.254 e. The second-order valence-electron chi connectivity index (χ2n) is 8.71. The van der Waals surface area contributed by atoms with Crippen LogP contribution in [0.5, 0.6) is 0 Å². The van der Waals surface area contributed by atoms with Crippen LogP contribution in [0.1, 0.15) is 24.2 Å². The van der Waals surface area contributed by atoms with E-state index in [0.717, 1.165) is 27.1 Å². The maximum atomic E-state index is 13.2. The number of nitrogens with zero attached hydrogens (tertiary/aromatic N) is 2. The Balaban J connectivity index is 1.49. The quantitative estimate of drug-likeness (QED) is 0.409. The Morgan fingerprint density at radius 2 is 1.74 bits per heavy atom. The number of pyridine rings is 1. The first-order valence-electron chi connectivity index (χ1n) is 11.3. The molecule has 5 rings (SSSR count). The highest BCUT2D eigenvalue weighted by atomic mass is 32.2. The number of rotatable bonds is 4. The van der Waals surface area contributed by atoms with Crippen molar-refractivity contribution in [1.82, 2.24) is 9.88 Å². The van der Waals surface area contributed by atoms with Crippen molar-refractivity contribution >= 4 is 27.8 Å². The van der Waals surface area contributed by atoms with E-state index < -0.39 is 10.8 Å². The van der Waals surface area contributed by atoms with Gasteiger partial charge in [-0.15, -0.1) is 0 Å². The Morgan fingerprint density at radius 3 is 2.44 bits per heavy atom. The lowest BCUT2D eigenvalue weighted by Crippen LogP contribution is -2.48. The van der Waals surface area contributed by atoms with Crippen LogP contribution in [0.3, 0.4) is 0 Å². The third-order valence-corrected chi connectivity index (χ3v) is 6.95. The minimum atomic E-state index is -1.03. The van der Waals surface area contributed by atoms with E-state index in [4.69, 9.17) is 9.15 Å². The van der Waals surface area contributed by atoms with Crippen molar-refractivity contribution in [2.24, 2.45) is 0 Å². The van der Waals surface area contributed by atoms with Crippen molar-refractivity contribution in [1.29, 1.82) is 0 Å². The van der Waals surface area contributed by atoms with E-state index in [1.54, 1.807) is 12.5 Å². The number of fused-ring (bicyclic) bond motifs is 1. The van der Waals surface area contributed by atoms with Gasteiger partial charge in [-0.3, -0.25) is 14.0 Å². The van der Waals surface area contributed by atoms with Gasteiger partial charge in [-0.1, -0.05) is 24.3 Å². The summed E-state index contributed by atoms with van der Waals surface area (Å²) in [6.45, 7) is 5.14. The van der Waals surface area contributed by atoms with Gasteiger partial charge in [0.05, 0.1) is 12.2 Å². The summed E-state index contributed by atoms with van der Waals surface area (Å²) in [6.07, 6.45) is 3.44. The van der Waals surface area contributed by atoms with Crippen molar-refractivity contribution < 1.29 is 18.2 Å². The first-order valence-corrected chi connectivity index (χ1v) is 12.8. The van der Waals surface area contributed by atoms with Gasteiger partial charge < -0.3 is 14.1 Å². The Kier molecular flexibility index (Phi) is 6.06. The fourth-order valence-electron chi connectivity index (χ4n) is 4.46. The zero-order valence-corrected chi connectivity index (χ0v) is 20.2. The zero-order chi connectivity index (χ0) is 23.8. The van der Waals surface area contributed by atoms with Gasteiger partial charge in [0.15, 0.2) is 5.58 Å². The summed E-state index contributed by atoms with van der Waals surface area (Å²) in [6, 6.07) is 18.9. The molecule has 0 N–H and O–H groups in total. The summed E-state index contributed by atoms with van der Waals surface area (Å²) >= 11 is 0. The first kappa shape index (κ1) is 22.5. The van der Waals surface area contributed by atoms with Crippen molar-refractivity contribution in [2.75, 3.05) is 19.3 Å². The molecule has 1 aliphatic rings. The molecular formula is C27H26N2O4S. The van der Waals surface area contributed by atoms with Gasteiger partial charge in [-0.05, 0) is 49.7 Å². The number of furan rings is 1. The van der Waals surface area contributed by atoms with E-state index in [1.807, 2.05) is 79.4 Å². The van der Waals surface area contributed by atoms with Crippen LogP contribution in [0.15, 0.2) is 76.2 Å². The molecule has 1 unspecified atom stereocenters. The number of benzene rings is 2. The number of hydrogen-bond donors (Lipinski definition) is 0. The van der Waals surface area contributed by atoms with Crippen molar-refractivity contribution in [3.05, 3.63) is 72.4 Å². The van der Waals surface area contributed by atoms with E-state index in [2.05, 4.69) is 4.98 Å². The number of carbonyl (C=O) groups is 1. The second-order valence-corrected chi connectivity index (χ2v) is 10.1. The molecule has 3 atom stereocenters. The molecule has 1 saturated heterocycles. The third kappa shape index (κ3) is 4.41. The molecule has 7 heteroatoms. The Labute approximate surface area is 201 Å². The van der Waals surface area contributed by atoms with E-state index in [9.17, 15) is 9.00 Å². The third-order valence-electron chi connectivity index (χ3n) is 6.01. The van der Waals surface area contributed by atoms with Crippen LogP contribution in [0.4, 0.5) is 0 Å². The molecule has 174 valence electrons. The molecule has 0 aliphatic carbocycles. The lowest BCUT2D eigenvalue weighted by molar-refractivity contribution is -0.0586. The highest BCUT2D eigenvalue weighted by molar-refractivity contribution is 7.84. The number of aromatic nitrogens is 1. The van der Waals surface area contributed by atoms with Gasteiger partial charge in [-0.25, -0.2) is 0 Å². The second kappa shape index (κ2) is 9.16. The minimum Gasteiger partial charge on any atom is -0.454 e. The number of ether oxygens (including phenoxy) is 1. The van der Waals surface area contributed by atoms with Gasteiger partial charge in [0.1, 0.15) is 11.3 Å². The van der Waals surface area contributed by atoms with Crippen LogP contribution >= 0.6 is 0 Å². The standard InChI is InChI=1S/C27H26N2O4S/c1-17-15-29(16-18(2)32-17)27(30)21-6-4-5-20(13-21)23-11-12-28-24-14-25(33-26(23)24)19-7-9-22(10-8-19)34(3)31/h4-14,17-18H,15-16H2,1-3H3/t17-,18+,34?. The van der Waals surface area contributed by atoms with E-state index in [1.165, 1.54) is 0 Å². The maximum absolute atomic E-state index is 13.2. The molecule has 4 aromatic rings. The highest BCUT2D eigenvalue weighted by Gasteiger charge is 2.27. The summed E-state index contributed by atoms with van der Waals surface area (Å²) in [5.74, 6) is 0.689. The summed E-state index contributed by atoms with van der Waals surface area (Å²) in [5, 5.41) is 0. The average Bonchev–Trinajstić information content (AvgIpc) is 3.27. The first-order chi connectivity index (χ1) is 16.4. The van der Waals surface area contributed by atoms with Gasteiger partial charge in [0, 0.05) is 64.0 Å². The topological polar surface area (TPSA) is 72.6 Å². The molecule has 0 radical (unpaired) electrons. The molecule has 0 saturated carbocycles. The van der Waals surface area contributed by atoms with Crippen LogP contribution in [0, 0.1) is 0 Å². The molecule has 2 aromatic carbocycles. The Hall–Kier alpha value is -3.29. The SMILES string of the molecule is C[C@@H]1CN(C(=O)c2cccc(-c3ccnc4cc(-c5ccc(S(C)=O)cc5)oc34)c2)C[C@H](C)O1. The molecule has 2 aromatic heterocycles. The van der Waals surface area contributed by atoms with Gasteiger partial charge in [0.25, 0.3) is 5.91 Å². The largest absolute Gasteiger partial charge is 0.454 e. The van der Waals surface area contributed by atoms with Crippen molar-refractivity contribution in [3.8, 4) is 22.5 Å². The average molecular weight is 475 g/mol. The van der Waals surface area contributed by atoms with E-state index >= 15 is 0 Å². The summed E-state index contributed by atoms with van der Waals surface area (Å²) in [5.41, 5.74) is 4.70. The fraction of sp³-hybridized carbons (Fsp3) is 0.259. The predicted molar refractivity (Wildman–Crippen MR) is 133 cm³/mol. The number of morpholine rings is 1. The maximum Gasteiger partial charge on any atom is 0.254 e. The molecule has 3 heterocycles. The van der Waals surface area contributed by atoms with Crippen molar-refractivity contribution in [2.45, 2.75) is 31.0 Å². The van der Waals surface area contributed by atoms with Crippen molar-refractivity contribution in [3.63, 3.8) is 0 Å². The van der Waals surface area contributed by atoms with Crippen LogP contribution in [-0.2, 0) is 15.5 Å². The molecule has 34 heavy (non-hydrogen) atoms. The molecule has 6 nitrogen and oxygen atoms in total. The van der Waals surface area contributed by atoms with Gasteiger partial charge in [0.2, 0.25) is 0 Å². The molecular weight excluding hydrogens is 448 g/mol. The molecule has 0 bridgehead atoms. The number of carbonyl (C=O) groups excluding carboxylic acids is 1. The Morgan fingerprint density at radius 1 is 1.00 bits per heavy atom. The van der Waals surface area contributed by atoms with E-state index in [-0.39, 0.29) is 18.1 Å². The van der Waals surface area contributed by atoms with Crippen LogP contribution in [-0.4, -0.2) is 51.6 Å². The van der Waals surface area contributed by atoms with Gasteiger partial charge >= 0.3 is 0 Å². The van der Waals surface area contributed by atoms with E-state index in [0.29, 0.717) is 30.0 Å². The highest BCUT2D eigenvalue weighted by Crippen LogP contribution is 2.34. The minimum absolute atomic E-state index is 0.00249. The van der Waals surface area contributed by atoms with Crippen LogP contribution < -0.4 is 0 Å². The number of amides is 1. The lowest BCUT2D eigenvalue weighted by atomic mass is 10.0. The lowest BCUT2D eigenvalue weighted by Gasteiger charge is -2.35. The molecule has 1 amide bonds. The molecule has 0 spiro atoms. The molecule has 1 fully saturated rings. The predicted octanol–water partition coefficient (Wildman–Crippen LogP) is 5.15. The number of hydrogen-bond acceptors (Lipinski definition) is 5. The Bertz CT molecular complexity index is 1370. The van der Waals surface area contributed by atoms with Crippen LogP contribution in [0.2, 0.25) is 0 Å².